The van der Waals surface area contributed by atoms with E-state index in [1.807, 2.05) is 0 Å². The molecule has 19 heavy (non-hydrogen) atoms. The highest BCUT2D eigenvalue weighted by Gasteiger charge is 2.35. The fourth-order valence-corrected chi connectivity index (χ4v) is 3.46. The van der Waals surface area contributed by atoms with E-state index in [4.69, 9.17) is 5.73 Å². The molecular formula is C11H16BrFN2O3S. The van der Waals surface area contributed by atoms with Gasteiger partial charge in [0.05, 0.1) is 22.3 Å². The van der Waals surface area contributed by atoms with Crippen LogP contribution in [0.1, 0.15) is 13.8 Å². The van der Waals surface area contributed by atoms with Crippen molar-refractivity contribution >= 4 is 31.6 Å². The summed E-state index contributed by atoms with van der Waals surface area (Å²) < 4.78 is 39.1. The van der Waals surface area contributed by atoms with E-state index >= 15 is 0 Å². The first-order valence-corrected chi connectivity index (χ1v) is 7.62. The molecule has 0 spiro atoms. The molecule has 0 aliphatic rings. The number of nitrogen functional groups attached to an aromatic ring is 1. The van der Waals surface area contributed by atoms with Gasteiger partial charge < -0.3 is 10.8 Å². The van der Waals surface area contributed by atoms with Crippen molar-refractivity contribution in [3.05, 3.63) is 22.4 Å². The van der Waals surface area contributed by atoms with Gasteiger partial charge >= 0.3 is 0 Å². The Balaban J connectivity index is 3.40. The summed E-state index contributed by atoms with van der Waals surface area (Å²) in [6.45, 7) is 2.78. The highest BCUT2D eigenvalue weighted by Crippen LogP contribution is 2.30. The summed E-state index contributed by atoms with van der Waals surface area (Å²) in [7, 11) is -2.59. The lowest BCUT2D eigenvalue weighted by molar-refractivity contribution is 0.138. The van der Waals surface area contributed by atoms with Gasteiger partial charge in [-0.25, -0.2) is 12.8 Å². The number of nitrogens with zero attached hydrogens (tertiary/aromatic N) is 1. The van der Waals surface area contributed by atoms with Crippen molar-refractivity contribution in [3.8, 4) is 0 Å². The lowest BCUT2D eigenvalue weighted by atomic mass is 10.1. The number of nitrogens with two attached hydrogens (primary N) is 1. The molecule has 0 bridgehead atoms. The van der Waals surface area contributed by atoms with Crippen molar-refractivity contribution in [2.24, 2.45) is 0 Å². The van der Waals surface area contributed by atoms with Crippen LogP contribution in [0.15, 0.2) is 21.5 Å². The number of sulfonamides is 1. The molecule has 3 N–H and O–H groups in total. The van der Waals surface area contributed by atoms with E-state index in [0.29, 0.717) is 0 Å². The maximum absolute atomic E-state index is 13.3. The molecular weight excluding hydrogens is 339 g/mol. The second-order valence-electron chi connectivity index (χ2n) is 4.75. The Labute approximate surface area is 120 Å². The third-order valence-corrected chi connectivity index (χ3v) is 5.66. The van der Waals surface area contributed by atoms with Crippen molar-refractivity contribution < 1.29 is 17.9 Å². The predicted octanol–water partition coefficient (Wildman–Crippen LogP) is 1.56. The zero-order valence-electron chi connectivity index (χ0n) is 10.8. The molecule has 1 aromatic carbocycles. The molecule has 0 unspecified atom stereocenters. The molecule has 8 heteroatoms. The molecule has 108 valence electrons. The highest BCUT2D eigenvalue weighted by atomic mass is 79.9. The normalized spacial score (nSPS) is 13.0. The van der Waals surface area contributed by atoms with Crippen LogP contribution in [0.25, 0.3) is 0 Å². The van der Waals surface area contributed by atoms with Gasteiger partial charge in [0.1, 0.15) is 10.7 Å². The molecule has 0 aliphatic heterocycles. The van der Waals surface area contributed by atoms with Crippen LogP contribution < -0.4 is 5.73 Å². The van der Waals surface area contributed by atoms with Gasteiger partial charge in [-0.2, -0.15) is 4.31 Å². The fourth-order valence-electron chi connectivity index (χ4n) is 1.34. The second kappa shape index (κ2) is 5.35. The summed E-state index contributed by atoms with van der Waals surface area (Å²) in [5, 5.41) is 9.24. The summed E-state index contributed by atoms with van der Waals surface area (Å²) in [5.74, 6) is -0.638. The van der Waals surface area contributed by atoms with E-state index in [1.54, 1.807) is 13.8 Å². The molecule has 1 aromatic rings. The SMILES string of the molecule is CN(C(C)(C)CO)S(=O)(=O)c1cc(Br)c(F)cc1N. The third-order valence-electron chi connectivity index (χ3n) is 2.93. The molecule has 0 saturated carbocycles. The second-order valence-corrected chi connectivity index (χ2v) is 7.54. The number of halogens is 2. The fraction of sp³-hybridized carbons (Fsp3) is 0.455. The first-order chi connectivity index (χ1) is 8.54. The molecule has 0 aliphatic carbocycles. The van der Waals surface area contributed by atoms with Gasteiger partial charge in [-0.15, -0.1) is 0 Å². The largest absolute Gasteiger partial charge is 0.398 e. The zero-order chi connectivity index (χ0) is 15.0. The van der Waals surface area contributed by atoms with Crippen LogP contribution in [-0.4, -0.2) is 37.0 Å². The lowest BCUT2D eigenvalue weighted by Crippen LogP contribution is -2.47. The first kappa shape index (κ1) is 16.4. The maximum atomic E-state index is 13.3. The Morgan fingerprint density at radius 3 is 2.47 bits per heavy atom. The summed E-state index contributed by atoms with van der Waals surface area (Å²) in [6.07, 6.45) is 0. The van der Waals surface area contributed by atoms with Crippen LogP contribution in [0.5, 0.6) is 0 Å². The van der Waals surface area contributed by atoms with E-state index in [2.05, 4.69) is 15.9 Å². The van der Waals surface area contributed by atoms with Crippen LogP contribution >= 0.6 is 15.9 Å². The van der Waals surface area contributed by atoms with Crippen LogP contribution in [0.4, 0.5) is 10.1 Å². The van der Waals surface area contributed by atoms with Gasteiger partial charge in [-0.1, -0.05) is 0 Å². The monoisotopic (exact) mass is 354 g/mol. The molecule has 0 saturated heterocycles. The maximum Gasteiger partial charge on any atom is 0.245 e. The van der Waals surface area contributed by atoms with Crippen molar-refractivity contribution in [1.82, 2.24) is 4.31 Å². The molecule has 5 nitrogen and oxygen atoms in total. The summed E-state index contributed by atoms with van der Waals surface area (Å²) in [6, 6.07) is 2.06. The lowest BCUT2D eigenvalue weighted by Gasteiger charge is -2.33. The third kappa shape index (κ3) is 3.07. The Bertz CT molecular complexity index is 590. The number of likely N-dealkylation sites (N-methyl/N-ethyl adjacent to an activating group) is 1. The number of benzene rings is 1. The Hall–Kier alpha value is -0.700. The van der Waals surface area contributed by atoms with Crippen LogP contribution in [0.2, 0.25) is 0 Å². The van der Waals surface area contributed by atoms with Gasteiger partial charge in [0.2, 0.25) is 10.0 Å². The van der Waals surface area contributed by atoms with Gasteiger partial charge in [-0.3, -0.25) is 0 Å². The molecule has 1 rings (SSSR count). The van der Waals surface area contributed by atoms with Crippen LogP contribution in [0.3, 0.4) is 0 Å². The van der Waals surface area contributed by atoms with E-state index in [-0.39, 0.29) is 21.7 Å². The first-order valence-electron chi connectivity index (χ1n) is 5.38. The number of aliphatic hydroxyl groups is 1. The van der Waals surface area contributed by atoms with Crippen molar-refractivity contribution in [1.29, 1.82) is 0 Å². The average molecular weight is 355 g/mol. The topological polar surface area (TPSA) is 83.6 Å². The molecule has 0 amide bonds. The smallest absolute Gasteiger partial charge is 0.245 e. The molecule has 0 heterocycles. The van der Waals surface area contributed by atoms with E-state index < -0.39 is 21.4 Å². The molecule has 0 fully saturated rings. The van der Waals surface area contributed by atoms with Gasteiger partial charge in [-0.05, 0) is 41.9 Å². The van der Waals surface area contributed by atoms with E-state index in [1.165, 1.54) is 7.05 Å². The molecule has 0 radical (unpaired) electrons. The zero-order valence-corrected chi connectivity index (χ0v) is 13.2. The van der Waals surface area contributed by atoms with Crippen molar-refractivity contribution in [2.75, 3.05) is 19.4 Å². The van der Waals surface area contributed by atoms with Gasteiger partial charge in [0.25, 0.3) is 0 Å². The minimum atomic E-state index is -3.93. The van der Waals surface area contributed by atoms with Crippen LogP contribution in [0, 0.1) is 5.82 Å². The molecule has 0 atom stereocenters. The number of aliphatic hydroxyl groups excluding tert-OH is 1. The summed E-state index contributed by atoms with van der Waals surface area (Å²) in [5.41, 5.74) is 4.40. The predicted molar refractivity (Wildman–Crippen MR) is 74.6 cm³/mol. The van der Waals surface area contributed by atoms with E-state index in [0.717, 1.165) is 16.4 Å². The number of hydrogen-bond acceptors (Lipinski definition) is 4. The van der Waals surface area contributed by atoms with E-state index in [9.17, 15) is 17.9 Å². The Morgan fingerprint density at radius 1 is 1.47 bits per heavy atom. The van der Waals surface area contributed by atoms with Crippen molar-refractivity contribution in [2.45, 2.75) is 24.3 Å². The number of hydrogen-bond donors (Lipinski definition) is 2. The highest BCUT2D eigenvalue weighted by molar-refractivity contribution is 9.10. The van der Waals surface area contributed by atoms with Crippen LogP contribution in [-0.2, 0) is 10.0 Å². The minimum absolute atomic E-state index is 0.00970. The summed E-state index contributed by atoms with van der Waals surface area (Å²) in [4.78, 5) is -0.204. The van der Waals surface area contributed by atoms with Gasteiger partial charge in [0.15, 0.2) is 0 Å². The Kier molecular flexibility index (Phi) is 4.61. The standard InChI is InChI=1S/C11H16BrFN2O3S/c1-11(2,6-16)15(3)19(17,18)10-4-7(12)8(13)5-9(10)14/h4-5,16H,6,14H2,1-3H3. The summed E-state index contributed by atoms with van der Waals surface area (Å²) >= 11 is 2.93. The number of rotatable bonds is 4. The van der Waals surface area contributed by atoms with Gasteiger partial charge in [0, 0.05) is 7.05 Å². The van der Waals surface area contributed by atoms with Crippen molar-refractivity contribution in [3.63, 3.8) is 0 Å². The minimum Gasteiger partial charge on any atom is -0.398 e. The molecule has 0 aromatic heterocycles. The Morgan fingerprint density at radius 2 is 2.00 bits per heavy atom. The average Bonchev–Trinajstić information content (AvgIpc) is 2.32. The number of anilines is 1. The quantitative estimate of drug-likeness (QED) is 0.803.